The topological polar surface area (TPSA) is 61.9 Å². The lowest BCUT2D eigenvalue weighted by atomic mass is 9.94. The van der Waals surface area contributed by atoms with Crippen LogP contribution in [0.3, 0.4) is 0 Å². The average Bonchev–Trinajstić information content (AvgIpc) is 3.50. The molecule has 5 nitrogen and oxygen atoms in total. The quantitative estimate of drug-likeness (QED) is 0.219. The zero-order valence-electron chi connectivity index (χ0n) is 24.4. The molecule has 1 atom stereocenters. The van der Waals surface area contributed by atoms with E-state index in [1.165, 1.54) is 27.3 Å². The summed E-state index contributed by atoms with van der Waals surface area (Å²) in [6.45, 7) is 0.515. The maximum Gasteiger partial charge on any atom is 0.148 e. The molecule has 5 heteroatoms. The van der Waals surface area contributed by atoms with E-state index in [1.807, 2.05) is 18.3 Å². The summed E-state index contributed by atoms with van der Waals surface area (Å²) in [6.07, 6.45) is 1.63. The van der Waals surface area contributed by atoms with Crippen molar-refractivity contribution >= 4 is 50.1 Å². The van der Waals surface area contributed by atoms with Crippen molar-refractivity contribution in [1.29, 1.82) is 0 Å². The Kier molecular flexibility index (Phi) is 5.88. The van der Waals surface area contributed by atoms with Crippen molar-refractivity contribution in [1.82, 2.24) is 10.6 Å². The molecule has 3 heterocycles. The van der Waals surface area contributed by atoms with Crippen molar-refractivity contribution in [2.24, 2.45) is 9.98 Å². The van der Waals surface area contributed by atoms with Crippen molar-refractivity contribution in [3.05, 3.63) is 162 Å². The Morgan fingerprint density at radius 3 is 2.29 bits per heavy atom. The van der Waals surface area contributed by atoms with E-state index in [9.17, 15) is 0 Å². The third-order valence-electron chi connectivity index (χ3n) is 8.75. The van der Waals surface area contributed by atoms with Crippen LogP contribution in [-0.2, 0) is 6.54 Å². The molecule has 7 aromatic rings. The van der Waals surface area contributed by atoms with Crippen LogP contribution >= 0.6 is 0 Å². The Balaban J connectivity index is 1.26. The lowest BCUT2D eigenvalue weighted by molar-refractivity contribution is 0.549. The smallest absolute Gasteiger partial charge is 0.148 e. The summed E-state index contributed by atoms with van der Waals surface area (Å²) >= 11 is 0. The summed E-state index contributed by atoms with van der Waals surface area (Å²) in [5, 5.41) is 13.3. The summed E-state index contributed by atoms with van der Waals surface area (Å²) in [6, 6.07) is 46.8. The zero-order valence-corrected chi connectivity index (χ0v) is 24.4. The minimum atomic E-state index is -0.322. The summed E-state index contributed by atoms with van der Waals surface area (Å²) in [4.78, 5) is 10.0. The highest BCUT2D eigenvalue weighted by Crippen LogP contribution is 2.37. The first-order chi connectivity index (χ1) is 22.3. The maximum atomic E-state index is 6.26. The number of allylic oxidation sites excluding steroid dienone is 1. The Bertz CT molecular complexity index is 2360. The molecule has 0 amide bonds. The highest BCUT2D eigenvalue weighted by molar-refractivity contribution is 6.18. The molecule has 0 radical (unpaired) electrons. The molecule has 2 aliphatic heterocycles. The van der Waals surface area contributed by atoms with Gasteiger partial charge in [0.2, 0.25) is 0 Å². The molecule has 2 aliphatic rings. The van der Waals surface area contributed by atoms with E-state index >= 15 is 0 Å². The summed E-state index contributed by atoms with van der Waals surface area (Å²) < 4.78 is 6.26. The van der Waals surface area contributed by atoms with Gasteiger partial charge in [0.05, 0.1) is 6.54 Å². The number of hydrogen-bond acceptors (Lipinski definition) is 5. The van der Waals surface area contributed by atoms with Crippen molar-refractivity contribution in [3.63, 3.8) is 0 Å². The van der Waals surface area contributed by atoms with E-state index in [2.05, 4.69) is 132 Å². The first-order valence-electron chi connectivity index (χ1n) is 15.2. The number of aliphatic imine (C=N–C) groups is 2. The molecule has 6 aromatic carbocycles. The Morgan fingerprint density at radius 2 is 1.40 bits per heavy atom. The fourth-order valence-electron chi connectivity index (χ4n) is 6.59. The van der Waals surface area contributed by atoms with Crippen LogP contribution in [0.15, 0.2) is 154 Å². The second-order valence-electron chi connectivity index (χ2n) is 11.5. The second-order valence-corrected chi connectivity index (χ2v) is 11.5. The fraction of sp³-hybridized carbons (Fsp3) is 0.0500. The number of benzene rings is 6. The average molecular weight is 581 g/mol. The van der Waals surface area contributed by atoms with Gasteiger partial charge < -0.3 is 15.1 Å². The number of hydrogen-bond donors (Lipinski definition) is 2. The number of fused-ring (bicyclic) bond motifs is 5. The molecule has 0 spiro atoms. The normalized spacial score (nSPS) is 17.6. The standard InChI is InChI=1S/C40H28N4O/c1-2-11-26(12-3-1)33-22-30(21-28-14-6-7-15-31(28)33)39-42-38(29-19-18-25-10-4-5-13-27(25)20-29)43-40(44-39)34-23-41-24-36-37(34)32-16-8-9-17-35(32)45-36/h1-23,38,43H,24H2,(H,42,44). The van der Waals surface area contributed by atoms with Gasteiger partial charge in [-0.1, -0.05) is 109 Å². The van der Waals surface area contributed by atoms with Gasteiger partial charge in [0, 0.05) is 28.3 Å². The number of rotatable bonds is 3. The van der Waals surface area contributed by atoms with Gasteiger partial charge >= 0.3 is 0 Å². The van der Waals surface area contributed by atoms with Crippen molar-refractivity contribution in [3.8, 4) is 11.1 Å². The number of para-hydroxylation sites is 1. The summed E-state index contributed by atoms with van der Waals surface area (Å²) in [5.74, 6) is 2.52. The minimum Gasteiger partial charge on any atom is -0.458 e. The molecular weight excluding hydrogens is 552 g/mol. The zero-order chi connectivity index (χ0) is 29.7. The molecule has 0 saturated heterocycles. The maximum absolute atomic E-state index is 6.26. The van der Waals surface area contributed by atoms with Crippen molar-refractivity contribution in [2.45, 2.75) is 12.7 Å². The molecule has 9 rings (SSSR count). The summed E-state index contributed by atoms with van der Waals surface area (Å²) in [5.41, 5.74) is 7.34. The number of amidine groups is 1. The van der Waals surface area contributed by atoms with Crippen molar-refractivity contribution in [2.75, 3.05) is 0 Å². The molecule has 1 aromatic heterocycles. The lowest BCUT2D eigenvalue weighted by Crippen LogP contribution is -2.41. The first-order valence-corrected chi connectivity index (χ1v) is 15.2. The monoisotopic (exact) mass is 580 g/mol. The molecule has 45 heavy (non-hydrogen) atoms. The van der Waals surface area contributed by atoms with Crippen LogP contribution in [0.5, 0.6) is 0 Å². The highest BCUT2D eigenvalue weighted by Gasteiger charge is 2.28. The second kappa shape index (κ2) is 10.4. The number of nitrogens with one attached hydrogen (secondary N) is 2. The molecule has 1 unspecified atom stereocenters. The molecule has 2 N–H and O–H groups in total. The van der Waals surface area contributed by atoms with Gasteiger partial charge in [-0.05, 0) is 62.5 Å². The van der Waals surface area contributed by atoms with Crippen LogP contribution in [0.25, 0.3) is 49.2 Å². The number of nitrogens with zero attached hydrogens (tertiary/aromatic N) is 2. The third kappa shape index (κ3) is 4.40. The molecule has 0 aliphatic carbocycles. The molecule has 214 valence electrons. The summed E-state index contributed by atoms with van der Waals surface area (Å²) in [7, 11) is 0. The van der Waals surface area contributed by atoms with Gasteiger partial charge in [-0.15, -0.1) is 0 Å². The van der Waals surface area contributed by atoms with Crippen LogP contribution in [0.2, 0.25) is 0 Å². The van der Waals surface area contributed by atoms with Crippen LogP contribution in [0.1, 0.15) is 28.6 Å². The van der Waals surface area contributed by atoms with Gasteiger partial charge in [-0.25, -0.2) is 4.99 Å². The van der Waals surface area contributed by atoms with E-state index < -0.39 is 0 Å². The van der Waals surface area contributed by atoms with Gasteiger partial charge in [-0.3, -0.25) is 4.99 Å². The van der Waals surface area contributed by atoms with Crippen LogP contribution in [0, 0.1) is 0 Å². The Hall–Kier alpha value is -5.94. The predicted octanol–water partition coefficient (Wildman–Crippen LogP) is 9.00. The Morgan fingerprint density at radius 1 is 0.644 bits per heavy atom. The van der Waals surface area contributed by atoms with Crippen LogP contribution in [-0.4, -0.2) is 12.1 Å². The largest absolute Gasteiger partial charge is 0.458 e. The highest BCUT2D eigenvalue weighted by atomic mass is 16.3. The van der Waals surface area contributed by atoms with Crippen LogP contribution in [0.4, 0.5) is 0 Å². The SMILES string of the molecule is C1=NCc2oc3ccccc3c2C1=C1NC(c2cc(-c3ccccc3)c3ccccc3c2)=NC(c2ccc3ccccc3c2)N1. The first kappa shape index (κ1) is 25.5. The van der Waals surface area contributed by atoms with E-state index in [4.69, 9.17) is 14.4 Å². The van der Waals surface area contributed by atoms with E-state index in [1.54, 1.807) is 0 Å². The Labute approximate surface area is 260 Å². The lowest BCUT2D eigenvalue weighted by Gasteiger charge is -2.29. The molecular formula is C40H28N4O. The molecule has 0 saturated carbocycles. The molecule has 0 fully saturated rings. The van der Waals surface area contributed by atoms with E-state index in [0.717, 1.165) is 56.0 Å². The van der Waals surface area contributed by atoms with Crippen LogP contribution < -0.4 is 10.6 Å². The minimum absolute atomic E-state index is 0.322. The molecule has 0 bridgehead atoms. The van der Waals surface area contributed by atoms with Gasteiger partial charge in [-0.2, -0.15) is 0 Å². The van der Waals surface area contributed by atoms with Gasteiger partial charge in [0.25, 0.3) is 0 Å². The van der Waals surface area contributed by atoms with E-state index in [-0.39, 0.29) is 6.17 Å². The van der Waals surface area contributed by atoms with Gasteiger partial charge in [0.1, 0.15) is 29.2 Å². The number of furan rings is 1. The fourth-order valence-corrected chi connectivity index (χ4v) is 6.59. The van der Waals surface area contributed by atoms with Crippen molar-refractivity contribution < 1.29 is 4.42 Å². The van der Waals surface area contributed by atoms with E-state index in [0.29, 0.717) is 6.54 Å². The predicted molar refractivity (Wildman–Crippen MR) is 184 cm³/mol. The third-order valence-corrected chi connectivity index (χ3v) is 8.75. The van der Waals surface area contributed by atoms with Gasteiger partial charge in [0.15, 0.2) is 0 Å².